The molecule has 0 radical (unpaired) electrons. The number of rotatable bonds is 4. The number of amides is 1. The molecule has 0 bridgehead atoms. The first-order valence-corrected chi connectivity index (χ1v) is 6.10. The topological polar surface area (TPSA) is 42.0 Å². The molecule has 2 aliphatic rings. The van der Waals surface area contributed by atoms with Crippen LogP contribution in [0.15, 0.2) is 18.3 Å². The van der Waals surface area contributed by atoms with Crippen molar-refractivity contribution < 1.29 is 9.18 Å². The molecule has 0 aliphatic heterocycles. The molecule has 1 N–H and O–H groups in total. The lowest BCUT2D eigenvalue weighted by molar-refractivity contribution is 0.0937. The lowest BCUT2D eigenvalue weighted by Gasteiger charge is -2.14. The minimum absolute atomic E-state index is 0.0408. The SMILES string of the molecule is O=C(NCC1(C2CC2)CC1)c1cccnc1F. The molecule has 0 atom stereocenters. The van der Waals surface area contributed by atoms with Crippen LogP contribution in [0.25, 0.3) is 0 Å². The number of halogens is 1. The lowest BCUT2D eigenvalue weighted by Crippen LogP contribution is -2.31. The van der Waals surface area contributed by atoms with E-state index in [2.05, 4.69) is 10.3 Å². The number of hydrogen-bond donors (Lipinski definition) is 1. The van der Waals surface area contributed by atoms with E-state index in [1.165, 1.54) is 37.9 Å². The van der Waals surface area contributed by atoms with Crippen LogP contribution in [-0.4, -0.2) is 17.4 Å². The third kappa shape index (κ3) is 2.04. The summed E-state index contributed by atoms with van der Waals surface area (Å²) in [6, 6.07) is 3.04. The van der Waals surface area contributed by atoms with E-state index >= 15 is 0 Å². The Bertz CT molecular complexity index is 452. The second-order valence-electron chi connectivity index (χ2n) is 5.16. The summed E-state index contributed by atoms with van der Waals surface area (Å²) in [4.78, 5) is 15.3. The highest BCUT2D eigenvalue weighted by atomic mass is 19.1. The van der Waals surface area contributed by atoms with E-state index in [1.807, 2.05) is 0 Å². The number of nitrogens with one attached hydrogen (secondary N) is 1. The Labute approximate surface area is 99.4 Å². The van der Waals surface area contributed by atoms with E-state index in [0.717, 1.165) is 5.92 Å². The Morgan fingerprint density at radius 1 is 1.53 bits per heavy atom. The van der Waals surface area contributed by atoms with Gasteiger partial charge in [-0.3, -0.25) is 4.79 Å². The second-order valence-corrected chi connectivity index (χ2v) is 5.16. The van der Waals surface area contributed by atoms with Crippen LogP contribution in [0.3, 0.4) is 0 Å². The standard InChI is InChI=1S/C13H15FN2O/c14-11-10(2-1-7-15-11)12(17)16-8-13(5-6-13)9-3-4-9/h1-2,7,9H,3-6,8H2,(H,16,17). The van der Waals surface area contributed by atoms with Crippen LogP contribution in [0.4, 0.5) is 4.39 Å². The maximum absolute atomic E-state index is 13.3. The molecule has 17 heavy (non-hydrogen) atoms. The number of carbonyl (C=O) groups is 1. The first-order chi connectivity index (χ1) is 8.21. The Hall–Kier alpha value is -1.45. The molecule has 1 aromatic heterocycles. The van der Waals surface area contributed by atoms with E-state index in [1.54, 1.807) is 6.07 Å². The zero-order chi connectivity index (χ0) is 11.9. The summed E-state index contributed by atoms with van der Waals surface area (Å²) in [5, 5.41) is 2.84. The Morgan fingerprint density at radius 3 is 2.88 bits per heavy atom. The summed E-state index contributed by atoms with van der Waals surface area (Å²) in [6.07, 6.45) is 6.33. The normalized spacial score (nSPS) is 21.0. The zero-order valence-electron chi connectivity index (χ0n) is 9.58. The summed E-state index contributed by atoms with van der Waals surface area (Å²) < 4.78 is 13.3. The third-order valence-corrected chi connectivity index (χ3v) is 3.94. The van der Waals surface area contributed by atoms with Crippen molar-refractivity contribution >= 4 is 5.91 Å². The number of aromatic nitrogens is 1. The zero-order valence-corrected chi connectivity index (χ0v) is 9.58. The summed E-state index contributed by atoms with van der Waals surface area (Å²) >= 11 is 0. The third-order valence-electron chi connectivity index (χ3n) is 3.94. The van der Waals surface area contributed by atoms with Gasteiger partial charge in [-0.05, 0) is 49.1 Å². The van der Waals surface area contributed by atoms with Gasteiger partial charge in [-0.2, -0.15) is 4.39 Å². The van der Waals surface area contributed by atoms with Crippen molar-refractivity contribution in [3.05, 3.63) is 29.8 Å². The maximum Gasteiger partial charge on any atom is 0.255 e. The van der Waals surface area contributed by atoms with Crippen molar-refractivity contribution in [3.63, 3.8) is 0 Å². The van der Waals surface area contributed by atoms with Crippen molar-refractivity contribution in [2.24, 2.45) is 11.3 Å². The Balaban J connectivity index is 1.62. The molecule has 2 fully saturated rings. The molecule has 0 spiro atoms. The van der Waals surface area contributed by atoms with Crippen LogP contribution < -0.4 is 5.32 Å². The largest absolute Gasteiger partial charge is 0.351 e. The first kappa shape index (κ1) is 10.7. The molecule has 2 saturated carbocycles. The van der Waals surface area contributed by atoms with Gasteiger partial charge in [-0.15, -0.1) is 0 Å². The maximum atomic E-state index is 13.3. The lowest BCUT2D eigenvalue weighted by atomic mass is 10.0. The van der Waals surface area contributed by atoms with Gasteiger partial charge in [0.25, 0.3) is 5.91 Å². The predicted octanol–water partition coefficient (Wildman–Crippen LogP) is 2.14. The monoisotopic (exact) mass is 234 g/mol. The summed E-state index contributed by atoms with van der Waals surface area (Å²) in [7, 11) is 0. The number of pyridine rings is 1. The first-order valence-electron chi connectivity index (χ1n) is 6.10. The minimum atomic E-state index is -0.693. The average molecular weight is 234 g/mol. The van der Waals surface area contributed by atoms with Crippen molar-refractivity contribution in [1.29, 1.82) is 0 Å². The van der Waals surface area contributed by atoms with E-state index < -0.39 is 5.95 Å². The average Bonchev–Trinajstić information content (AvgIpc) is 3.17. The van der Waals surface area contributed by atoms with E-state index in [-0.39, 0.29) is 11.5 Å². The number of carbonyl (C=O) groups excluding carboxylic acids is 1. The van der Waals surface area contributed by atoms with Crippen LogP contribution in [-0.2, 0) is 0 Å². The molecule has 1 heterocycles. The van der Waals surface area contributed by atoms with E-state index in [0.29, 0.717) is 12.0 Å². The molecular weight excluding hydrogens is 219 g/mol. The van der Waals surface area contributed by atoms with Gasteiger partial charge < -0.3 is 5.32 Å². The van der Waals surface area contributed by atoms with Crippen molar-refractivity contribution in [1.82, 2.24) is 10.3 Å². The number of nitrogens with zero attached hydrogens (tertiary/aromatic N) is 1. The van der Waals surface area contributed by atoms with Gasteiger partial charge in [0.15, 0.2) is 0 Å². The molecular formula is C13H15FN2O. The van der Waals surface area contributed by atoms with Crippen molar-refractivity contribution in [2.75, 3.05) is 6.54 Å². The Morgan fingerprint density at radius 2 is 2.29 bits per heavy atom. The molecule has 0 aromatic carbocycles. The molecule has 0 unspecified atom stereocenters. The van der Waals surface area contributed by atoms with Gasteiger partial charge in [0.1, 0.15) is 0 Å². The highest BCUT2D eigenvalue weighted by Gasteiger charge is 2.53. The fourth-order valence-electron chi connectivity index (χ4n) is 2.49. The van der Waals surface area contributed by atoms with Crippen LogP contribution in [0.2, 0.25) is 0 Å². The van der Waals surface area contributed by atoms with Crippen LogP contribution in [0.1, 0.15) is 36.0 Å². The quantitative estimate of drug-likeness (QED) is 0.811. The van der Waals surface area contributed by atoms with Gasteiger partial charge in [0, 0.05) is 12.7 Å². The fraction of sp³-hybridized carbons (Fsp3) is 0.538. The molecule has 2 aliphatic carbocycles. The van der Waals surface area contributed by atoms with Gasteiger partial charge in [0.2, 0.25) is 5.95 Å². The summed E-state index contributed by atoms with van der Waals surface area (Å²) in [5.74, 6) is -0.245. The Kier molecular flexibility index (Phi) is 2.38. The van der Waals surface area contributed by atoms with Gasteiger partial charge in [-0.1, -0.05) is 0 Å². The highest BCUT2D eigenvalue weighted by Crippen LogP contribution is 2.60. The van der Waals surface area contributed by atoms with Crippen LogP contribution in [0.5, 0.6) is 0 Å². The predicted molar refractivity (Wildman–Crippen MR) is 60.9 cm³/mol. The minimum Gasteiger partial charge on any atom is -0.351 e. The molecule has 0 saturated heterocycles. The van der Waals surface area contributed by atoms with E-state index in [4.69, 9.17) is 0 Å². The smallest absolute Gasteiger partial charge is 0.255 e. The van der Waals surface area contributed by atoms with Crippen LogP contribution >= 0.6 is 0 Å². The fourth-order valence-corrected chi connectivity index (χ4v) is 2.49. The second kappa shape index (κ2) is 3.79. The van der Waals surface area contributed by atoms with Gasteiger partial charge in [-0.25, -0.2) is 4.98 Å². The molecule has 3 rings (SSSR count). The molecule has 4 heteroatoms. The summed E-state index contributed by atoms with van der Waals surface area (Å²) in [6.45, 7) is 0.685. The van der Waals surface area contributed by atoms with Gasteiger partial charge >= 0.3 is 0 Å². The van der Waals surface area contributed by atoms with Crippen molar-refractivity contribution in [3.8, 4) is 0 Å². The molecule has 1 amide bonds. The number of hydrogen-bond acceptors (Lipinski definition) is 2. The van der Waals surface area contributed by atoms with Crippen molar-refractivity contribution in [2.45, 2.75) is 25.7 Å². The van der Waals surface area contributed by atoms with Gasteiger partial charge in [0.05, 0.1) is 5.56 Å². The highest BCUT2D eigenvalue weighted by molar-refractivity contribution is 5.94. The molecule has 1 aromatic rings. The summed E-state index contributed by atoms with van der Waals surface area (Å²) in [5.41, 5.74) is 0.382. The molecule has 90 valence electrons. The molecule has 3 nitrogen and oxygen atoms in total. The van der Waals surface area contributed by atoms with Crippen LogP contribution in [0, 0.1) is 17.3 Å². The van der Waals surface area contributed by atoms with E-state index in [9.17, 15) is 9.18 Å².